The van der Waals surface area contributed by atoms with Crippen molar-refractivity contribution in [3.63, 3.8) is 0 Å². The molecule has 2 aromatic carbocycles. The van der Waals surface area contributed by atoms with Crippen LogP contribution < -0.4 is 10.1 Å². The minimum absolute atomic E-state index is 0.241. The lowest BCUT2D eigenvalue weighted by molar-refractivity contribution is -0.401. The molecule has 0 aliphatic rings. The molecule has 0 spiro atoms. The molecule has 0 fully saturated rings. The van der Waals surface area contributed by atoms with Gasteiger partial charge >= 0.3 is 5.88 Å². The van der Waals surface area contributed by atoms with E-state index in [0.29, 0.717) is 33.9 Å². The number of imidazole rings is 1. The van der Waals surface area contributed by atoms with Crippen molar-refractivity contribution in [2.75, 3.05) is 12.4 Å². The number of fused-ring (bicyclic) bond motifs is 1. The number of anilines is 1. The third kappa shape index (κ3) is 3.28. The van der Waals surface area contributed by atoms with E-state index in [-0.39, 0.29) is 17.6 Å². The molecule has 140 valence electrons. The summed E-state index contributed by atoms with van der Waals surface area (Å²) in [6, 6.07) is 14.8. The standard InChI is InChI=1S/C19H14N4O5/c1-27-13-4-2-3-12(10-13)20-19(24)11-5-6-14-15(9-11)22-18(21-14)16-7-8-17(28-16)23(25)26/h2-10H,1H3,(H,20,24)(H,21,22). The maximum absolute atomic E-state index is 12.5. The first-order valence-electron chi connectivity index (χ1n) is 8.23. The normalized spacial score (nSPS) is 10.8. The molecule has 0 saturated carbocycles. The van der Waals surface area contributed by atoms with Gasteiger partial charge in [0, 0.05) is 17.3 Å². The summed E-state index contributed by atoms with van der Waals surface area (Å²) in [6.07, 6.45) is 0. The smallest absolute Gasteiger partial charge is 0.433 e. The van der Waals surface area contributed by atoms with Gasteiger partial charge in [-0.25, -0.2) is 4.98 Å². The van der Waals surface area contributed by atoms with Gasteiger partial charge in [0.2, 0.25) is 0 Å². The SMILES string of the molecule is COc1cccc(NC(=O)c2ccc3nc(-c4ccc([N+](=O)[O-])o4)[nH]c3c2)c1. The van der Waals surface area contributed by atoms with Crippen LogP contribution >= 0.6 is 0 Å². The van der Waals surface area contributed by atoms with Crippen molar-refractivity contribution in [2.24, 2.45) is 0 Å². The van der Waals surface area contributed by atoms with Crippen LogP contribution in [0.15, 0.2) is 59.0 Å². The zero-order valence-corrected chi connectivity index (χ0v) is 14.6. The number of rotatable bonds is 5. The van der Waals surface area contributed by atoms with Crippen LogP contribution in [0.3, 0.4) is 0 Å². The van der Waals surface area contributed by atoms with Gasteiger partial charge in [-0.1, -0.05) is 6.07 Å². The number of carbonyl (C=O) groups is 1. The maximum atomic E-state index is 12.5. The Bertz CT molecular complexity index is 1190. The van der Waals surface area contributed by atoms with Crippen LogP contribution in [0.1, 0.15) is 10.4 Å². The number of hydrogen-bond donors (Lipinski definition) is 2. The number of hydrogen-bond acceptors (Lipinski definition) is 6. The van der Waals surface area contributed by atoms with Crippen molar-refractivity contribution in [1.29, 1.82) is 0 Å². The van der Waals surface area contributed by atoms with Crippen molar-refractivity contribution < 1.29 is 18.9 Å². The molecule has 4 rings (SSSR count). The largest absolute Gasteiger partial charge is 0.497 e. The van der Waals surface area contributed by atoms with Crippen LogP contribution in [0.2, 0.25) is 0 Å². The lowest BCUT2D eigenvalue weighted by atomic mass is 10.2. The van der Waals surface area contributed by atoms with Crippen molar-refractivity contribution in [3.8, 4) is 17.3 Å². The van der Waals surface area contributed by atoms with Gasteiger partial charge in [-0.2, -0.15) is 0 Å². The van der Waals surface area contributed by atoms with Gasteiger partial charge in [-0.3, -0.25) is 14.9 Å². The first kappa shape index (κ1) is 17.3. The van der Waals surface area contributed by atoms with Gasteiger partial charge in [0.25, 0.3) is 5.91 Å². The monoisotopic (exact) mass is 378 g/mol. The molecule has 1 amide bonds. The molecule has 0 aliphatic carbocycles. The molecule has 9 heteroatoms. The number of H-pyrrole nitrogens is 1. The molecule has 0 atom stereocenters. The van der Waals surface area contributed by atoms with E-state index in [1.165, 1.54) is 12.1 Å². The first-order valence-corrected chi connectivity index (χ1v) is 8.23. The molecular formula is C19H14N4O5. The summed E-state index contributed by atoms with van der Waals surface area (Å²) < 4.78 is 10.3. The number of nitrogens with one attached hydrogen (secondary N) is 2. The molecule has 2 aromatic heterocycles. The van der Waals surface area contributed by atoms with Gasteiger partial charge < -0.3 is 19.5 Å². The van der Waals surface area contributed by atoms with Crippen molar-refractivity contribution in [2.45, 2.75) is 0 Å². The van der Waals surface area contributed by atoms with E-state index in [2.05, 4.69) is 15.3 Å². The van der Waals surface area contributed by atoms with Crippen LogP contribution in [0.5, 0.6) is 5.75 Å². The molecule has 0 bridgehead atoms. The highest BCUT2D eigenvalue weighted by molar-refractivity contribution is 6.06. The first-order chi connectivity index (χ1) is 13.5. The number of nitrogens with zero attached hydrogens (tertiary/aromatic N) is 2. The van der Waals surface area contributed by atoms with Crippen LogP contribution in [0, 0.1) is 10.1 Å². The fraction of sp³-hybridized carbons (Fsp3) is 0.0526. The highest BCUT2D eigenvalue weighted by Crippen LogP contribution is 2.26. The molecule has 0 radical (unpaired) electrons. The number of furan rings is 1. The highest BCUT2D eigenvalue weighted by Gasteiger charge is 2.16. The summed E-state index contributed by atoms with van der Waals surface area (Å²) >= 11 is 0. The molecular weight excluding hydrogens is 364 g/mol. The van der Waals surface area contributed by atoms with Gasteiger partial charge in [0.1, 0.15) is 10.7 Å². The van der Waals surface area contributed by atoms with Gasteiger partial charge in [-0.05, 0) is 36.4 Å². The average molecular weight is 378 g/mol. The number of benzene rings is 2. The minimum Gasteiger partial charge on any atom is -0.497 e. The van der Waals surface area contributed by atoms with Crippen LogP contribution in [-0.4, -0.2) is 27.9 Å². The van der Waals surface area contributed by atoms with Crippen molar-refractivity contribution in [3.05, 3.63) is 70.3 Å². The highest BCUT2D eigenvalue weighted by atomic mass is 16.6. The molecule has 9 nitrogen and oxygen atoms in total. The average Bonchev–Trinajstić information content (AvgIpc) is 3.34. The van der Waals surface area contributed by atoms with Crippen LogP contribution in [0.25, 0.3) is 22.6 Å². The quantitative estimate of drug-likeness (QED) is 0.400. The summed E-state index contributed by atoms with van der Waals surface area (Å²) in [4.78, 5) is 30.0. The van der Waals surface area contributed by atoms with E-state index in [4.69, 9.17) is 9.15 Å². The summed E-state index contributed by atoms with van der Waals surface area (Å²) in [5.74, 6) is 0.562. The number of amides is 1. The van der Waals surface area contributed by atoms with E-state index < -0.39 is 4.92 Å². The van der Waals surface area contributed by atoms with Crippen molar-refractivity contribution in [1.82, 2.24) is 9.97 Å². The molecule has 4 aromatic rings. The van der Waals surface area contributed by atoms with E-state index in [1.54, 1.807) is 49.6 Å². The summed E-state index contributed by atoms with van der Waals surface area (Å²) in [5, 5.41) is 13.6. The van der Waals surface area contributed by atoms with E-state index >= 15 is 0 Å². The molecule has 0 saturated heterocycles. The second-order valence-electron chi connectivity index (χ2n) is 5.90. The molecule has 0 aliphatic heterocycles. The predicted molar refractivity (Wildman–Crippen MR) is 101 cm³/mol. The number of ether oxygens (including phenoxy) is 1. The maximum Gasteiger partial charge on any atom is 0.433 e. The fourth-order valence-corrected chi connectivity index (χ4v) is 2.72. The molecule has 28 heavy (non-hydrogen) atoms. The minimum atomic E-state index is -0.618. The number of methoxy groups -OCH3 is 1. The Hall–Kier alpha value is -4.14. The molecule has 2 heterocycles. The van der Waals surface area contributed by atoms with Crippen LogP contribution in [0.4, 0.5) is 11.6 Å². The summed E-state index contributed by atoms with van der Waals surface area (Å²) in [7, 11) is 1.55. The number of aromatic nitrogens is 2. The van der Waals surface area contributed by atoms with Gasteiger partial charge in [0.15, 0.2) is 11.6 Å². The Morgan fingerprint density at radius 3 is 2.82 bits per heavy atom. The van der Waals surface area contributed by atoms with E-state index in [9.17, 15) is 14.9 Å². The number of nitro groups is 1. The second-order valence-corrected chi connectivity index (χ2v) is 5.90. The Morgan fingerprint density at radius 2 is 2.07 bits per heavy atom. The van der Waals surface area contributed by atoms with E-state index in [1.807, 2.05) is 0 Å². The Kier molecular flexibility index (Phi) is 4.24. The van der Waals surface area contributed by atoms with Crippen LogP contribution in [-0.2, 0) is 0 Å². The molecule has 0 unspecified atom stereocenters. The zero-order chi connectivity index (χ0) is 19.7. The summed E-state index contributed by atoms with van der Waals surface area (Å²) in [6.45, 7) is 0. The fourth-order valence-electron chi connectivity index (χ4n) is 2.72. The van der Waals surface area contributed by atoms with Crippen molar-refractivity contribution >= 4 is 28.5 Å². The lowest BCUT2D eigenvalue weighted by Gasteiger charge is -2.07. The third-order valence-corrected chi connectivity index (χ3v) is 4.08. The second kappa shape index (κ2) is 6.88. The predicted octanol–water partition coefficient (Wildman–Crippen LogP) is 3.99. The third-order valence-electron chi connectivity index (χ3n) is 4.08. The Balaban J connectivity index is 1.60. The number of carbonyl (C=O) groups excluding carboxylic acids is 1. The number of aromatic amines is 1. The van der Waals surface area contributed by atoms with Gasteiger partial charge in [0.05, 0.1) is 24.2 Å². The summed E-state index contributed by atoms with van der Waals surface area (Å²) in [5.41, 5.74) is 2.24. The Labute approximate surface area is 158 Å². The molecule has 2 N–H and O–H groups in total. The van der Waals surface area contributed by atoms with Gasteiger partial charge in [-0.15, -0.1) is 0 Å². The lowest BCUT2D eigenvalue weighted by Crippen LogP contribution is -2.11. The topological polar surface area (TPSA) is 123 Å². The Morgan fingerprint density at radius 1 is 1.21 bits per heavy atom. The zero-order valence-electron chi connectivity index (χ0n) is 14.6. The van der Waals surface area contributed by atoms with E-state index in [0.717, 1.165) is 0 Å².